The Morgan fingerprint density at radius 1 is 1.15 bits per heavy atom. The fourth-order valence-corrected chi connectivity index (χ4v) is 2.17. The van der Waals surface area contributed by atoms with Crippen LogP contribution in [0.4, 0.5) is 5.82 Å². The molecule has 0 aliphatic rings. The molecule has 0 unspecified atom stereocenters. The third-order valence-corrected chi connectivity index (χ3v) is 3.39. The first-order valence-electron chi connectivity index (χ1n) is 7.19. The molecule has 4 heteroatoms. The van der Waals surface area contributed by atoms with Crippen LogP contribution >= 0.6 is 0 Å². The largest absolute Gasteiger partial charge is 0.370 e. The summed E-state index contributed by atoms with van der Waals surface area (Å²) in [5.41, 5.74) is 4.40. The number of anilines is 1. The highest BCUT2D eigenvalue weighted by Gasteiger charge is 2.12. The summed E-state index contributed by atoms with van der Waals surface area (Å²) in [6.07, 6.45) is 5.63. The van der Waals surface area contributed by atoms with Gasteiger partial charge in [-0.2, -0.15) is 0 Å². The Morgan fingerprint density at radius 2 is 1.95 bits per heavy atom. The molecule has 4 nitrogen and oxygen atoms in total. The molecule has 0 aliphatic heterocycles. The van der Waals surface area contributed by atoms with Gasteiger partial charge in [-0.05, 0) is 38.3 Å². The molecule has 0 aliphatic carbocycles. The van der Waals surface area contributed by atoms with Crippen LogP contribution in [0.1, 0.15) is 37.1 Å². The van der Waals surface area contributed by atoms with E-state index in [1.165, 1.54) is 0 Å². The van der Waals surface area contributed by atoms with E-state index in [9.17, 15) is 0 Å². The Kier molecular flexibility index (Phi) is 4.66. The predicted molar refractivity (Wildman–Crippen MR) is 82.9 cm³/mol. The van der Waals surface area contributed by atoms with Crippen molar-refractivity contribution in [1.29, 1.82) is 0 Å². The van der Waals surface area contributed by atoms with Gasteiger partial charge < -0.3 is 5.32 Å². The standard InChI is InChI=1S/C16H22N4/c1-5-8-18-15-12(4)14(6-2)19-16(20-15)13-7-9-17-10-11(13)3/h7,9-10H,5-6,8H2,1-4H3,(H,18,19,20). The summed E-state index contributed by atoms with van der Waals surface area (Å²) in [6, 6.07) is 1.98. The summed E-state index contributed by atoms with van der Waals surface area (Å²) in [5.74, 6) is 1.73. The van der Waals surface area contributed by atoms with E-state index in [1.54, 1.807) is 6.20 Å². The average molecular weight is 270 g/mol. The summed E-state index contributed by atoms with van der Waals surface area (Å²) in [4.78, 5) is 13.5. The molecule has 0 bridgehead atoms. The molecule has 2 rings (SSSR count). The molecule has 2 aromatic heterocycles. The van der Waals surface area contributed by atoms with Crippen LogP contribution in [-0.4, -0.2) is 21.5 Å². The van der Waals surface area contributed by atoms with Crippen molar-refractivity contribution in [3.05, 3.63) is 35.3 Å². The van der Waals surface area contributed by atoms with E-state index < -0.39 is 0 Å². The molecule has 20 heavy (non-hydrogen) atoms. The number of nitrogens with one attached hydrogen (secondary N) is 1. The van der Waals surface area contributed by atoms with Crippen LogP contribution in [0, 0.1) is 13.8 Å². The molecule has 0 atom stereocenters. The number of aryl methyl sites for hydroxylation is 2. The molecule has 0 spiro atoms. The summed E-state index contributed by atoms with van der Waals surface area (Å²) in [5, 5.41) is 3.40. The van der Waals surface area contributed by atoms with Crippen molar-refractivity contribution >= 4 is 5.82 Å². The minimum atomic E-state index is 0.783. The van der Waals surface area contributed by atoms with Crippen molar-refractivity contribution in [2.45, 2.75) is 40.5 Å². The average Bonchev–Trinajstić information content (AvgIpc) is 2.47. The zero-order valence-corrected chi connectivity index (χ0v) is 12.7. The number of aromatic nitrogens is 3. The summed E-state index contributed by atoms with van der Waals surface area (Å²) in [7, 11) is 0. The normalized spacial score (nSPS) is 10.6. The second-order valence-electron chi connectivity index (χ2n) is 4.94. The van der Waals surface area contributed by atoms with Gasteiger partial charge in [0, 0.05) is 35.8 Å². The number of pyridine rings is 1. The number of hydrogen-bond acceptors (Lipinski definition) is 4. The van der Waals surface area contributed by atoms with Crippen LogP contribution in [0.3, 0.4) is 0 Å². The SMILES string of the molecule is CCCNc1nc(-c2ccncc2C)nc(CC)c1C. The van der Waals surface area contributed by atoms with Crippen molar-refractivity contribution in [3.8, 4) is 11.4 Å². The lowest BCUT2D eigenvalue weighted by atomic mass is 10.1. The number of nitrogens with zero attached hydrogens (tertiary/aromatic N) is 3. The van der Waals surface area contributed by atoms with Crippen LogP contribution in [0.25, 0.3) is 11.4 Å². The highest BCUT2D eigenvalue weighted by Crippen LogP contribution is 2.24. The molecule has 0 amide bonds. The second kappa shape index (κ2) is 6.46. The van der Waals surface area contributed by atoms with E-state index >= 15 is 0 Å². The van der Waals surface area contributed by atoms with Gasteiger partial charge in [-0.15, -0.1) is 0 Å². The van der Waals surface area contributed by atoms with Crippen LogP contribution in [-0.2, 0) is 6.42 Å². The molecule has 0 saturated carbocycles. The minimum absolute atomic E-state index is 0.783. The molecule has 0 saturated heterocycles. The molecule has 2 aromatic rings. The third-order valence-electron chi connectivity index (χ3n) is 3.39. The Labute approximate surface area is 120 Å². The van der Waals surface area contributed by atoms with E-state index in [-0.39, 0.29) is 0 Å². The summed E-state index contributed by atoms with van der Waals surface area (Å²) in [6.45, 7) is 9.33. The van der Waals surface area contributed by atoms with Gasteiger partial charge in [-0.1, -0.05) is 13.8 Å². The van der Waals surface area contributed by atoms with Gasteiger partial charge >= 0.3 is 0 Å². The van der Waals surface area contributed by atoms with Gasteiger partial charge in [0.05, 0.1) is 0 Å². The van der Waals surface area contributed by atoms with Crippen LogP contribution in [0.15, 0.2) is 18.5 Å². The highest BCUT2D eigenvalue weighted by molar-refractivity contribution is 5.62. The van der Waals surface area contributed by atoms with E-state index in [4.69, 9.17) is 9.97 Å². The highest BCUT2D eigenvalue weighted by atomic mass is 15.0. The molecule has 0 fully saturated rings. The first-order valence-corrected chi connectivity index (χ1v) is 7.19. The van der Waals surface area contributed by atoms with Crippen molar-refractivity contribution in [1.82, 2.24) is 15.0 Å². The zero-order valence-electron chi connectivity index (χ0n) is 12.7. The van der Waals surface area contributed by atoms with Gasteiger partial charge in [0.1, 0.15) is 5.82 Å². The van der Waals surface area contributed by atoms with Crippen molar-refractivity contribution in [2.75, 3.05) is 11.9 Å². The maximum atomic E-state index is 4.71. The Morgan fingerprint density at radius 3 is 2.60 bits per heavy atom. The molecular weight excluding hydrogens is 248 g/mol. The lowest BCUT2D eigenvalue weighted by Crippen LogP contribution is -2.09. The third kappa shape index (κ3) is 2.95. The van der Waals surface area contributed by atoms with E-state index in [0.717, 1.165) is 53.4 Å². The first kappa shape index (κ1) is 14.4. The minimum Gasteiger partial charge on any atom is -0.370 e. The van der Waals surface area contributed by atoms with Crippen molar-refractivity contribution in [2.24, 2.45) is 0 Å². The van der Waals surface area contributed by atoms with Crippen molar-refractivity contribution < 1.29 is 0 Å². The van der Waals surface area contributed by atoms with E-state index in [0.29, 0.717) is 0 Å². The lowest BCUT2D eigenvalue weighted by Gasteiger charge is -2.13. The summed E-state index contributed by atoms with van der Waals surface area (Å²) < 4.78 is 0. The maximum Gasteiger partial charge on any atom is 0.162 e. The Bertz CT molecular complexity index is 593. The second-order valence-corrected chi connectivity index (χ2v) is 4.94. The quantitative estimate of drug-likeness (QED) is 0.903. The molecule has 1 N–H and O–H groups in total. The smallest absolute Gasteiger partial charge is 0.162 e. The molecule has 106 valence electrons. The van der Waals surface area contributed by atoms with E-state index in [2.05, 4.69) is 31.1 Å². The molecule has 0 radical (unpaired) electrons. The van der Waals surface area contributed by atoms with Crippen LogP contribution in [0.5, 0.6) is 0 Å². The van der Waals surface area contributed by atoms with Crippen LogP contribution in [0.2, 0.25) is 0 Å². The topological polar surface area (TPSA) is 50.7 Å². The molecular formula is C16H22N4. The van der Waals surface area contributed by atoms with Gasteiger partial charge in [-0.3, -0.25) is 4.98 Å². The lowest BCUT2D eigenvalue weighted by molar-refractivity contribution is 0.935. The van der Waals surface area contributed by atoms with Gasteiger partial charge in [-0.25, -0.2) is 9.97 Å². The van der Waals surface area contributed by atoms with E-state index in [1.807, 2.05) is 19.2 Å². The molecule has 0 aromatic carbocycles. The summed E-state index contributed by atoms with van der Waals surface area (Å²) >= 11 is 0. The monoisotopic (exact) mass is 270 g/mol. The van der Waals surface area contributed by atoms with Crippen molar-refractivity contribution in [3.63, 3.8) is 0 Å². The van der Waals surface area contributed by atoms with Gasteiger partial charge in [0.15, 0.2) is 5.82 Å². The maximum absolute atomic E-state index is 4.71. The van der Waals surface area contributed by atoms with Crippen LogP contribution < -0.4 is 5.32 Å². The first-order chi connectivity index (χ1) is 9.67. The zero-order chi connectivity index (χ0) is 14.5. The van der Waals surface area contributed by atoms with Gasteiger partial charge in [0.2, 0.25) is 0 Å². The van der Waals surface area contributed by atoms with Gasteiger partial charge in [0.25, 0.3) is 0 Å². The molecule has 2 heterocycles. The number of rotatable bonds is 5. The Hall–Kier alpha value is -1.97. The fourth-order valence-electron chi connectivity index (χ4n) is 2.17. The number of hydrogen-bond donors (Lipinski definition) is 1. The Balaban J connectivity index is 2.51. The predicted octanol–water partition coefficient (Wildman–Crippen LogP) is 3.54. The fraction of sp³-hybridized carbons (Fsp3) is 0.438.